The van der Waals surface area contributed by atoms with Crippen LogP contribution in [0.5, 0.6) is 0 Å². The number of nitrogens with one attached hydrogen (secondary N) is 2. The Morgan fingerprint density at radius 2 is 1.55 bits per heavy atom. The summed E-state index contributed by atoms with van der Waals surface area (Å²) < 4.78 is 0. The van der Waals surface area contributed by atoms with Crippen molar-refractivity contribution < 1.29 is 14.5 Å². The van der Waals surface area contributed by atoms with E-state index in [1.807, 2.05) is 20.8 Å². The van der Waals surface area contributed by atoms with Gasteiger partial charge in [-0.05, 0) is 36.8 Å². The van der Waals surface area contributed by atoms with Crippen molar-refractivity contribution in [3.8, 4) is 0 Å². The molecule has 7 nitrogen and oxygen atoms in total. The van der Waals surface area contributed by atoms with Gasteiger partial charge in [-0.25, -0.2) is 0 Å². The van der Waals surface area contributed by atoms with E-state index in [0.717, 1.165) is 5.56 Å². The molecule has 0 fully saturated rings. The smallest absolute Gasteiger partial charge is 0.269 e. The van der Waals surface area contributed by atoms with E-state index >= 15 is 0 Å². The molecule has 154 valence electrons. The summed E-state index contributed by atoms with van der Waals surface area (Å²) in [5.41, 5.74) is 2.39. The first kappa shape index (κ1) is 23.6. The van der Waals surface area contributed by atoms with Gasteiger partial charge in [0.2, 0.25) is 0 Å². The Balaban J connectivity index is 0.00000204. The predicted octanol–water partition coefficient (Wildman–Crippen LogP) is 4.66. The van der Waals surface area contributed by atoms with Crippen LogP contribution in [-0.2, 0) is 4.79 Å². The Morgan fingerprint density at radius 1 is 1.03 bits per heavy atom. The molecule has 0 spiro atoms. The van der Waals surface area contributed by atoms with Crippen molar-refractivity contribution in [1.82, 2.24) is 5.32 Å². The molecule has 2 N–H and O–H groups in total. The number of Topliss-reactive ketones (excluding diaryl/α,β-unsaturated/α-hetero) is 1. The van der Waals surface area contributed by atoms with Crippen LogP contribution in [0.15, 0.2) is 55.1 Å². The first-order chi connectivity index (χ1) is 13.8. The molecule has 0 aliphatic carbocycles. The summed E-state index contributed by atoms with van der Waals surface area (Å²) in [6.07, 6.45) is 0. The number of carbonyl (C=O) groups excluding carboxylic acids is 2. The fraction of sp³-hybridized carbons (Fsp3) is 0.273. The zero-order valence-electron chi connectivity index (χ0n) is 17.2. The summed E-state index contributed by atoms with van der Waals surface area (Å²) in [6.45, 7) is 11.9. The van der Waals surface area contributed by atoms with Crippen LogP contribution in [0.4, 0.5) is 11.4 Å². The van der Waals surface area contributed by atoms with Gasteiger partial charge in [-0.3, -0.25) is 19.7 Å². The number of non-ortho nitro benzene ring substituents is 1. The van der Waals surface area contributed by atoms with E-state index in [0.29, 0.717) is 23.5 Å². The van der Waals surface area contributed by atoms with E-state index in [9.17, 15) is 19.7 Å². The van der Waals surface area contributed by atoms with Crippen LogP contribution in [0.3, 0.4) is 0 Å². The first-order valence-electron chi connectivity index (χ1n) is 9.37. The van der Waals surface area contributed by atoms with Crippen LogP contribution in [0, 0.1) is 16.0 Å². The summed E-state index contributed by atoms with van der Waals surface area (Å²) in [4.78, 5) is 33.6. The highest BCUT2D eigenvalue weighted by Crippen LogP contribution is 2.17. The number of ketones is 1. The second-order valence-corrected chi connectivity index (χ2v) is 6.21. The second-order valence-electron chi connectivity index (χ2n) is 6.21. The minimum absolute atomic E-state index is 0.0685. The van der Waals surface area contributed by atoms with Crippen molar-refractivity contribution in [2.24, 2.45) is 5.92 Å². The predicted molar refractivity (Wildman–Crippen MR) is 116 cm³/mol. The first-order valence-corrected chi connectivity index (χ1v) is 9.37. The summed E-state index contributed by atoms with van der Waals surface area (Å²) in [6, 6.07) is 12.5. The molecule has 2 rings (SSSR count). The molecule has 0 saturated carbocycles. The van der Waals surface area contributed by atoms with Gasteiger partial charge in [-0.2, -0.15) is 0 Å². The van der Waals surface area contributed by atoms with E-state index in [1.165, 1.54) is 24.3 Å². The topological polar surface area (TPSA) is 101 Å². The molecule has 0 heterocycles. The van der Waals surface area contributed by atoms with Crippen LogP contribution >= 0.6 is 0 Å². The van der Waals surface area contributed by atoms with Gasteiger partial charge in [0.25, 0.3) is 11.6 Å². The van der Waals surface area contributed by atoms with Gasteiger partial charge >= 0.3 is 0 Å². The minimum Gasteiger partial charge on any atom is -0.384 e. The van der Waals surface area contributed by atoms with Crippen molar-refractivity contribution in [3.63, 3.8) is 0 Å². The number of hydrogen-bond acceptors (Lipinski definition) is 5. The SMILES string of the molecule is C=C(NCC(C)C(C)=O)c1ccc(NC(=O)c2ccc([N+](=O)[O-])cc2)cc1.CC. The number of benzene rings is 2. The Hall–Kier alpha value is -3.48. The van der Waals surface area contributed by atoms with Crippen LogP contribution in [0.2, 0.25) is 0 Å². The van der Waals surface area contributed by atoms with Crippen LogP contribution in [-0.4, -0.2) is 23.2 Å². The van der Waals surface area contributed by atoms with Crippen molar-refractivity contribution in [2.45, 2.75) is 27.7 Å². The normalized spacial score (nSPS) is 10.8. The van der Waals surface area contributed by atoms with Gasteiger partial charge in [0.15, 0.2) is 0 Å². The lowest BCUT2D eigenvalue weighted by molar-refractivity contribution is -0.384. The molecule has 7 heteroatoms. The maximum Gasteiger partial charge on any atom is 0.269 e. The summed E-state index contributed by atoms with van der Waals surface area (Å²) in [7, 11) is 0. The summed E-state index contributed by atoms with van der Waals surface area (Å²) in [5.74, 6) is -0.341. The third-order valence-corrected chi connectivity index (χ3v) is 4.15. The maximum absolute atomic E-state index is 12.2. The monoisotopic (exact) mass is 397 g/mol. The highest BCUT2D eigenvalue weighted by Gasteiger charge is 2.11. The molecule has 0 aliphatic heterocycles. The minimum atomic E-state index is -0.515. The molecule has 2 aromatic rings. The van der Waals surface area contributed by atoms with Crippen LogP contribution in [0.25, 0.3) is 5.70 Å². The fourth-order valence-electron chi connectivity index (χ4n) is 2.21. The third kappa shape index (κ3) is 7.21. The number of nitrogens with zero attached hydrogens (tertiary/aromatic N) is 1. The van der Waals surface area contributed by atoms with Crippen molar-refractivity contribution in [3.05, 3.63) is 76.4 Å². The average molecular weight is 397 g/mol. The van der Waals surface area contributed by atoms with Crippen molar-refractivity contribution >= 4 is 28.8 Å². The third-order valence-electron chi connectivity index (χ3n) is 4.15. The zero-order chi connectivity index (χ0) is 22.0. The summed E-state index contributed by atoms with van der Waals surface area (Å²) >= 11 is 0. The van der Waals surface area contributed by atoms with Crippen LogP contribution in [0.1, 0.15) is 43.6 Å². The van der Waals surface area contributed by atoms with E-state index in [4.69, 9.17) is 0 Å². The number of hydrogen-bond donors (Lipinski definition) is 2. The van der Waals surface area contributed by atoms with E-state index < -0.39 is 4.92 Å². The molecular formula is C22H27N3O4. The number of amides is 1. The standard InChI is InChI=1S/C20H21N3O4.C2H6/c1-13(15(3)24)12-21-14(2)16-4-8-18(9-5-16)22-20(25)17-6-10-19(11-7-17)23(26)27;1-2/h4-11,13,21H,2,12H2,1,3H3,(H,22,25);1-2H3. The zero-order valence-corrected chi connectivity index (χ0v) is 17.2. The Labute approximate surface area is 171 Å². The quantitative estimate of drug-likeness (QED) is 0.498. The molecule has 0 radical (unpaired) electrons. The molecule has 1 unspecified atom stereocenters. The highest BCUT2D eigenvalue weighted by atomic mass is 16.6. The van der Waals surface area contributed by atoms with E-state index in [1.54, 1.807) is 31.2 Å². The molecule has 0 aromatic heterocycles. The van der Waals surface area contributed by atoms with Gasteiger partial charge in [0.1, 0.15) is 5.78 Å². The van der Waals surface area contributed by atoms with E-state index in [-0.39, 0.29) is 23.3 Å². The lowest BCUT2D eigenvalue weighted by atomic mass is 10.1. The fourth-order valence-corrected chi connectivity index (χ4v) is 2.21. The highest BCUT2D eigenvalue weighted by molar-refractivity contribution is 6.04. The number of nitro groups is 1. The largest absolute Gasteiger partial charge is 0.384 e. The van der Waals surface area contributed by atoms with Crippen molar-refractivity contribution in [1.29, 1.82) is 0 Å². The number of rotatable bonds is 8. The van der Waals surface area contributed by atoms with Gasteiger partial charge in [0.05, 0.1) is 4.92 Å². The van der Waals surface area contributed by atoms with Crippen LogP contribution < -0.4 is 10.6 Å². The molecule has 29 heavy (non-hydrogen) atoms. The molecule has 1 amide bonds. The molecule has 0 saturated heterocycles. The van der Waals surface area contributed by atoms with Gasteiger partial charge < -0.3 is 10.6 Å². The average Bonchev–Trinajstić information content (AvgIpc) is 2.73. The van der Waals surface area contributed by atoms with Crippen molar-refractivity contribution in [2.75, 3.05) is 11.9 Å². The molecule has 2 aromatic carbocycles. The second kappa shape index (κ2) is 11.4. The maximum atomic E-state index is 12.2. The van der Waals surface area contributed by atoms with Gasteiger partial charge in [-0.15, -0.1) is 0 Å². The lowest BCUT2D eigenvalue weighted by Gasteiger charge is -2.13. The van der Waals surface area contributed by atoms with Gasteiger partial charge in [0, 0.05) is 41.5 Å². The lowest BCUT2D eigenvalue weighted by Crippen LogP contribution is -2.23. The Bertz CT molecular complexity index is 859. The Kier molecular flexibility index (Phi) is 9.25. The molecular weight excluding hydrogens is 370 g/mol. The van der Waals surface area contributed by atoms with E-state index in [2.05, 4.69) is 17.2 Å². The molecule has 0 bridgehead atoms. The molecule has 0 aliphatic rings. The summed E-state index contributed by atoms with van der Waals surface area (Å²) in [5, 5.41) is 16.5. The number of nitro benzene ring substituents is 1. The van der Waals surface area contributed by atoms with Gasteiger partial charge in [-0.1, -0.05) is 39.5 Å². The Morgan fingerprint density at radius 3 is 2.03 bits per heavy atom. The number of anilines is 1. The molecule has 1 atom stereocenters. The number of carbonyl (C=O) groups is 2.